The smallest absolute Gasteiger partial charge is 0.161 e. The van der Waals surface area contributed by atoms with Crippen LogP contribution in [0.25, 0.3) is 49.6 Å². The number of fused-ring (bicyclic) bond motifs is 8. The van der Waals surface area contributed by atoms with E-state index in [1.54, 1.807) is 0 Å². The van der Waals surface area contributed by atoms with Crippen LogP contribution in [0, 0.1) is 0 Å². The van der Waals surface area contributed by atoms with E-state index in [1.807, 2.05) is 6.20 Å². The number of benzene rings is 6. The van der Waals surface area contributed by atoms with Crippen molar-refractivity contribution < 1.29 is 9.15 Å². The van der Waals surface area contributed by atoms with Crippen molar-refractivity contribution in [1.29, 1.82) is 0 Å². The molecule has 56 heavy (non-hydrogen) atoms. The van der Waals surface area contributed by atoms with Crippen LogP contribution < -0.4 is 14.5 Å². The van der Waals surface area contributed by atoms with Gasteiger partial charge in [-0.15, -0.1) is 0 Å². The molecule has 0 fully saturated rings. The van der Waals surface area contributed by atoms with Gasteiger partial charge in [-0.25, -0.2) is 4.98 Å². The molecule has 3 aromatic heterocycles. The Kier molecular flexibility index (Phi) is 7.59. The molecule has 4 heterocycles. The third kappa shape index (κ3) is 5.59. The lowest BCUT2D eigenvalue weighted by Gasteiger charge is -2.26. The van der Waals surface area contributed by atoms with E-state index >= 15 is 0 Å². The van der Waals surface area contributed by atoms with Crippen molar-refractivity contribution in [2.24, 2.45) is 0 Å². The summed E-state index contributed by atoms with van der Waals surface area (Å²) in [5.74, 6) is 2.37. The number of furan rings is 1. The highest BCUT2D eigenvalue weighted by Crippen LogP contribution is 2.47. The first-order chi connectivity index (χ1) is 27.0. The van der Waals surface area contributed by atoms with Gasteiger partial charge in [0.2, 0.25) is 0 Å². The molecule has 0 bridgehead atoms. The molecule has 10 rings (SSSR count). The lowest BCUT2D eigenvalue weighted by Crippen LogP contribution is -2.24. The predicted octanol–water partition coefficient (Wildman–Crippen LogP) is 13.7. The van der Waals surface area contributed by atoms with E-state index in [-0.39, 0.29) is 10.8 Å². The Morgan fingerprint density at radius 1 is 0.589 bits per heavy atom. The van der Waals surface area contributed by atoms with Crippen LogP contribution in [0.3, 0.4) is 0 Å². The monoisotopic (exact) mass is 732 g/mol. The Morgan fingerprint density at radius 2 is 1.30 bits per heavy atom. The summed E-state index contributed by atoms with van der Waals surface area (Å²) in [6, 6.07) is 49.3. The average Bonchev–Trinajstić information content (AvgIpc) is 3.87. The third-order valence-corrected chi connectivity index (χ3v) is 11.2. The molecule has 0 amide bonds. The number of pyridine rings is 1. The third-order valence-electron chi connectivity index (χ3n) is 11.2. The second-order valence-electron chi connectivity index (χ2n) is 17.0. The van der Waals surface area contributed by atoms with E-state index in [1.165, 1.54) is 27.9 Å². The molecule has 0 atom stereocenters. The van der Waals surface area contributed by atoms with E-state index in [9.17, 15) is 0 Å². The molecule has 0 aliphatic carbocycles. The van der Waals surface area contributed by atoms with Crippen LogP contribution in [0.15, 0.2) is 150 Å². The maximum absolute atomic E-state index is 6.92. The van der Waals surface area contributed by atoms with Gasteiger partial charge >= 0.3 is 0 Å². The minimum Gasteiger partial charge on any atom is -0.457 e. The van der Waals surface area contributed by atoms with Crippen LogP contribution in [-0.2, 0) is 10.8 Å². The van der Waals surface area contributed by atoms with E-state index in [4.69, 9.17) is 14.1 Å². The van der Waals surface area contributed by atoms with Crippen molar-refractivity contribution in [3.8, 4) is 17.3 Å². The Balaban J connectivity index is 1.13. The number of anilines is 4. The van der Waals surface area contributed by atoms with Crippen LogP contribution in [0.4, 0.5) is 22.7 Å². The highest BCUT2D eigenvalue weighted by atomic mass is 16.5. The molecule has 0 saturated carbocycles. The molecule has 0 saturated heterocycles. The molecule has 6 nitrogen and oxygen atoms in total. The van der Waals surface area contributed by atoms with Crippen LogP contribution in [0.1, 0.15) is 52.7 Å². The number of nitrogens with zero attached hydrogens (tertiary/aromatic N) is 4. The molecule has 9 aromatic rings. The molecule has 0 unspecified atom stereocenters. The Labute approximate surface area is 327 Å². The summed E-state index contributed by atoms with van der Waals surface area (Å²) in [4.78, 5) is 9.74. The lowest BCUT2D eigenvalue weighted by atomic mass is 9.86. The second-order valence-corrected chi connectivity index (χ2v) is 17.0. The average molecular weight is 733 g/mol. The Hall–Kier alpha value is -6.53. The number of rotatable bonds is 5. The largest absolute Gasteiger partial charge is 0.457 e. The van der Waals surface area contributed by atoms with Gasteiger partial charge in [0, 0.05) is 35.1 Å². The van der Waals surface area contributed by atoms with Crippen molar-refractivity contribution in [3.63, 3.8) is 0 Å². The zero-order chi connectivity index (χ0) is 38.3. The summed E-state index contributed by atoms with van der Waals surface area (Å²) in [7, 11) is 0. The van der Waals surface area contributed by atoms with Crippen molar-refractivity contribution in [2.45, 2.75) is 52.4 Å². The summed E-state index contributed by atoms with van der Waals surface area (Å²) in [6.07, 6.45) is 1.92. The topological polar surface area (TPSA) is 46.7 Å². The van der Waals surface area contributed by atoms with Gasteiger partial charge in [0.25, 0.3) is 0 Å². The Morgan fingerprint density at radius 3 is 2.07 bits per heavy atom. The maximum atomic E-state index is 6.92. The van der Waals surface area contributed by atoms with Crippen LogP contribution in [-0.4, -0.2) is 16.2 Å². The summed E-state index contributed by atoms with van der Waals surface area (Å²) < 4.78 is 15.9. The van der Waals surface area contributed by atoms with E-state index in [0.29, 0.717) is 6.67 Å². The summed E-state index contributed by atoms with van der Waals surface area (Å²) in [5, 5.41) is 4.41. The van der Waals surface area contributed by atoms with Gasteiger partial charge in [-0.05, 0) is 99.5 Å². The van der Waals surface area contributed by atoms with Crippen LogP contribution in [0.5, 0.6) is 11.5 Å². The number of para-hydroxylation sites is 3. The van der Waals surface area contributed by atoms with Crippen LogP contribution in [0.2, 0.25) is 0 Å². The first kappa shape index (κ1) is 34.0. The fraction of sp³-hybridized carbons (Fsp3) is 0.180. The molecule has 0 spiro atoms. The van der Waals surface area contributed by atoms with Crippen molar-refractivity contribution in [1.82, 2.24) is 9.55 Å². The fourth-order valence-corrected chi connectivity index (χ4v) is 8.20. The molecule has 1 aliphatic rings. The molecular formula is C50H44N4O2. The number of ether oxygens (including phenoxy) is 1. The predicted molar refractivity (Wildman–Crippen MR) is 232 cm³/mol. The lowest BCUT2D eigenvalue weighted by molar-refractivity contribution is 0.479. The molecule has 1 aliphatic heterocycles. The highest BCUT2D eigenvalue weighted by molar-refractivity contribution is 6.24. The quantitative estimate of drug-likeness (QED) is 0.176. The number of hydrogen-bond donors (Lipinski definition) is 0. The van der Waals surface area contributed by atoms with Crippen molar-refractivity contribution in [3.05, 3.63) is 157 Å². The molecular weight excluding hydrogens is 689 g/mol. The first-order valence-corrected chi connectivity index (χ1v) is 19.4. The molecule has 0 N–H and O–H groups in total. The zero-order valence-electron chi connectivity index (χ0n) is 32.7. The van der Waals surface area contributed by atoms with Gasteiger partial charge in [-0.3, -0.25) is 4.57 Å². The van der Waals surface area contributed by atoms with Crippen molar-refractivity contribution in [2.75, 3.05) is 16.5 Å². The van der Waals surface area contributed by atoms with E-state index in [0.717, 1.165) is 67.0 Å². The normalized spacial score (nSPS) is 13.4. The van der Waals surface area contributed by atoms with Gasteiger partial charge in [-0.1, -0.05) is 102 Å². The molecule has 276 valence electrons. The van der Waals surface area contributed by atoms with Gasteiger partial charge in [0.1, 0.15) is 35.1 Å². The zero-order valence-corrected chi connectivity index (χ0v) is 32.7. The van der Waals surface area contributed by atoms with Gasteiger partial charge in [-0.2, -0.15) is 0 Å². The maximum Gasteiger partial charge on any atom is 0.161 e. The second kappa shape index (κ2) is 12.5. The van der Waals surface area contributed by atoms with E-state index < -0.39 is 0 Å². The van der Waals surface area contributed by atoms with Gasteiger partial charge < -0.3 is 19.0 Å². The summed E-state index contributed by atoms with van der Waals surface area (Å²) >= 11 is 0. The minimum atomic E-state index is -0.108. The standard InChI is InChI=1S/C50H44N4O2/c1-49(2,3)33-24-25-51-45(28-33)54-43-30-37(21-22-40(43)48-47(54)46-39-17-11-10-14-32(39)20-23-44(46)56-48)55-38-27-34(50(4,5)6)26-36(29-38)53-31-52(35-15-8-7-9-16-35)41-18-12-13-19-42(41)53/h7-30H,31H2,1-6H3. The minimum absolute atomic E-state index is 0.0526. The molecule has 6 heteroatoms. The van der Waals surface area contributed by atoms with Crippen LogP contribution >= 0.6 is 0 Å². The van der Waals surface area contributed by atoms with Crippen molar-refractivity contribution >= 4 is 66.5 Å². The number of hydrogen-bond acceptors (Lipinski definition) is 5. The van der Waals surface area contributed by atoms with E-state index in [2.05, 4.69) is 195 Å². The van der Waals surface area contributed by atoms with Gasteiger partial charge in [0.05, 0.1) is 22.3 Å². The summed E-state index contributed by atoms with van der Waals surface area (Å²) in [6.45, 7) is 14.2. The number of aromatic nitrogens is 2. The molecule has 6 aromatic carbocycles. The molecule has 0 radical (unpaired) electrons. The van der Waals surface area contributed by atoms with Gasteiger partial charge in [0.15, 0.2) is 5.58 Å². The first-order valence-electron chi connectivity index (χ1n) is 19.4. The Bertz CT molecular complexity index is 2960. The highest BCUT2D eigenvalue weighted by Gasteiger charge is 2.30. The fourth-order valence-electron chi connectivity index (χ4n) is 8.20. The SMILES string of the molecule is CC(C)(C)c1cc(Oc2ccc3c4oc5ccc6ccccc6c5c4n(-c4cc(C(C)(C)C)ccn4)c3c2)cc(N2CN(c3ccccc3)c3ccccc32)c1. The summed E-state index contributed by atoms with van der Waals surface area (Å²) in [5.41, 5.74) is 10.5.